The normalized spacial score (nSPS) is 10.1. The largest absolute Gasteiger partial charge is 0.495 e. The Morgan fingerprint density at radius 3 is 2.81 bits per heavy atom. The average molecular weight is 364 g/mol. The van der Waals surface area contributed by atoms with E-state index in [0.29, 0.717) is 28.8 Å². The lowest BCUT2D eigenvalue weighted by atomic mass is 10.1. The standard InChI is InChI=1S/C19H16N4O4/c1-25-16-8-7-13(9-14(16)10-20)19(24)21-11-17-22-18(27-23-17)12-26-15-5-3-2-4-6-15/h2-9H,11-12H2,1H3,(H,21,24). The fraction of sp³-hybridized carbons (Fsp3) is 0.158. The fourth-order valence-electron chi connectivity index (χ4n) is 2.28. The first kappa shape index (κ1) is 17.9. The van der Waals surface area contributed by atoms with Gasteiger partial charge in [0.2, 0.25) is 0 Å². The molecule has 0 saturated carbocycles. The molecule has 2 aromatic carbocycles. The van der Waals surface area contributed by atoms with Crippen LogP contribution in [-0.4, -0.2) is 23.2 Å². The summed E-state index contributed by atoms with van der Waals surface area (Å²) in [5.41, 5.74) is 0.619. The lowest BCUT2D eigenvalue weighted by Crippen LogP contribution is -2.23. The minimum Gasteiger partial charge on any atom is -0.495 e. The van der Waals surface area contributed by atoms with Crippen molar-refractivity contribution in [3.05, 3.63) is 71.4 Å². The highest BCUT2D eigenvalue weighted by molar-refractivity contribution is 5.94. The summed E-state index contributed by atoms with van der Waals surface area (Å²) in [5, 5.41) is 15.6. The van der Waals surface area contributed by atoms with Gasteiger partial charge in [0.25, 0.3) is 11.8 Å². The van der Waals surface area contributed by atoms with Crippen molar-refractivity contribution >= 4 is 5.91 Å². The number of hydrogen-bond donors (Lipinski definition) is 1. The highest BCUT2D eigenvalue weighted by Gasteiger charge is 2.12. The maximum atomic E-state index is 12.2. The molecule has 0 aliphatic rings. The van der Waals surface area contributed by atoms with Crippen molar-refractivity contribution in [2.75, 3.05) is 7.11 Å². The van der Waals surface area contributed by atoms with E-state index in [-0.39, 0.29) is 24.6 Å². The molecule has 0 fully saturated rings. The highest BCUT2D eigenvalue weighted by atomic mass is 16.5. The van der Waals surface area contributed by atoms with E-state index in [1.165, 1.54) is 13.2 Å². The maximum Gasteiger partial charge on any atom is 0.264 e. The molecular formula is C19H16N4O4. The Hall–Kier alpha value is -3.86. The quantitative estimate of drug-likeness (QED) is 0.685. The van der Waals surface area contributed by atoms with E-state index in [2.05, 4.69) is 15.5 Å². The van der Waals surface area contributed by atoms with E-state index in [0.717, 1.165) is 0 Å². The molecule has 136 valence electrons. The molecule has 0 unspecified atom stereocenters. The monoisotopic (exact) mass is 364 g/mol. The summed E-state index contributed by atoms with van der Waals surface area (Å²) in [6, 6.07) is 15.9. The van der Waals surface area contributed by atoms with Crippen LogP contribution in [0, 0.1) is 11.3 Å². The van der Waals surface area contributed by atoms with Gasteiger partial charge < -0.3 is 19.3 Å². The van der Waals surface area contributed by atoms with E-state index in [9.17, 15) is 4.79 Å². The van der Waals surface area contributed by atoms with Crippen LogP contribution in [0.5, 0.6) is 11.5 Å². The second kappa shape index (κ2) is 8.49. The molecule has 0 aliphatic carbocycles. The number of methoxy groups -OCH3 is 1. The van der Waals surface area contributed by atoms with Crippen molar-refractivity contribution in [2.24, 2.45) is 0 Å². The minimum atomic E-state index is -0.360. The maximum absolute atomic E-state index is 12.2. The van der Waals surface area contributed by atoms with Crippen molar-refractivity contribution in [3.8, 4) is 17.6 Å². The van der Waals surface area contributed by atoms with Gasteiger partial charge in [-0.1, -0.05) is 23.4 Å². The Morgan fingerprint density at radius 2 is 2.07 bits per heavy atom. The number of benzene rings is 2. The van der Waals surface area contributed by atoms with Gasteiger partial charge in [-0.05, 0) is 30.3 Å². The number of rotatable bonds is 7. The Kier molecular flexibility index (Phi) is 5.64. The van der Waals surface area contributed by atoms with Gasteiger partial charge >= 0.3 is 0 Å². The molecule has 8 nitrogen and oxygen atoms in total. The second-order valence-electron chi connectivity index (χ2n) is 5.42. The predicted molar refractivity (Wildman–Crippen MR) is 94.0 cm³/mol. The topological polar surface area (TPSA) is 110 Å². The van der Waals surface area contributed by atoms with Gasteiger partial charge in [0.05, 0.1) is 19.2 Å². The summed E-state index contributed by atoms with van der Waals surface area (Å²) >= 11 is 0. The van der Waals surface area contributed by atoms with Crippen LogP contribution in [0.4, 0.5) is 0 Å². The lowest BCUT2D eigenvalue weighted by Gasteiger charge is -2.06. The van der Waals surface area contributed by atoms with Gasteiger partial charge in [-0.3, -0.25) is 4.79 Å². The van der Waals surface area contributed by atoms with Crippen LogP contribution in [-0.2, 0) is 13.2 Å². The third-order valence-corrected chi connectivity index (χ3v) is 3.60. The summed E-state index contributed by atoms with van der Waals surface area (Å²) in [4.78, 5) is 16.4. The molecule has 27 heavy (non-hydrogen) atoms. The van der Waals surface area contributed by atoms with Crippen LogP contribution in [0.3, 0.4) is 0 Å². The molecule has 0 radical (unpaired) electrons. The average Bonchev–Trinajstić information content (AvgIpc) is 3.18. The Bertz CT molecular complexity index is 963. The molecule has 3 rings (SSSR count). The zero-order chi connectivity index (χ0) is 19.1. The van der Waals surface area contributed by atoms with Crippen LogP contribution in [0.2, 0.25) is 0 Å². The van der Waals surface area contributed by atoms with Crippen LogP contribution in [0.1, 0.15) is 27.6 Å². The number of carbonyl (C=O) groups excluding carboxylic acids is 1. The number of ether oxygens (including phenoxy) is 2. The number of nitriles is 1. The first-order chi connectivity index (χ1) is 13.2. The molecule has 3 aromatic rings. The number of amides is 1. The van der Waals surface area contributed by atoms with Gasteiger partial charge in [-0.2, -0.15) is 10.2 Å². The van der Waals surface area contributed by atoms with Crippen LogP contribution < -0.4 is 14.8 Å². The Labute approximate surface area is 155 Å². The molecule has 1 heterocycles. The third-order valence-electron chi connectivity index (χ3n) is 3.60. The van der Waals surface area contributed by atoms with Gasteiger partial charge in [-0.15, -0.1) is 0 Å². The van der Waals surface area contributed by atoms with E-state index in [1.807, 2.05) is 36.4 Å². The fourth-order valence-corrected chi connectivity index (χ4v) is 2.28. The Balaban J connectivity index is 1.55. The van der Waals surface area contributed by atoms with Gasteiger partial charge in [0.15, 0.2) is 12.4 Å². The zero-order valence-electron chi connectivity index (χ0n) is 14.5. The van der Waals surface area contributed by atoms with E-state index < -0.39 is 0 Å². The number of nitrogens with zero attached hydrogens (tertiary/aromatic N) is 3. The first-order valence-electron chi connectivity index (χ1n) is 8.05. The molecule has 0 atom stereocenters. The Morgan fingerprint density at radius 1 is 1.26 bits per heavy atom. The minimum absolute atomic E-state index is 0.0849. The third kappa shape index (κ3) is 4.61. The predicted octanol–water partition coefficient (Wildman–Crippen LogP) is 2.46. The van der Waals surface area contributed by atoms with Crippen LogP contribution in [0.15, 0.2) is 53.1 Å². The first-order valence-corrected chi connectivity index (χ1v) is 8.05. The molecule has 1 N–H and O–H groups in total. The lowest BCUT2D eigenvalue weighted by molar-refractivity contribution is 0.0949. The van der Waals surface area contributed by atoms with E-state index in [1.54, 1.807) is 12.1 Å². The van der Waals surface area contributed by atoms with E-state index >= 15 is 0 Å². The second-order valence-corrected chi connectivity index (χ2v) is 5.42. The zero-order valence-corrected chi connectivity index (χ0v) is 14.5. The number of hydrogen-bond acceptors (Lipinski definition) is 7. The number of nitrogens with one attached hydrogen (secondary N) is 1. The van der Waals surface area contributed by atoms with Crippen molar-refractivity contribution in [3.63, 3.8) is 0 Å². The van der Waals surface area contributed by atoms with Crippen molar-refractivity contribution in [1.82, 2.24) is 15.5 Å². The van der Waals surface area contributed by atoms with Crippen molar-refractivity contribution < 1.29 is 18.8 Å². The molecule has 0 spiro atoms. The van der Waals surface area contributed by atoms with Crippen LogP contribution in [0.25, 0.3) is 0 Å². The highest BCUT2D eigenvalue weighted by Crippen LogP contribution is 2.18. The molecule has 0 aliphatic heterocycles. The molecule has 1 aromatic heterocycles. The van der Waals surface area contributed by atoms with Crippen LogP contribution >= 0.6 is 0 Å². The van der Waals surface area contributed by atoms with Gasteiger partial charge in [-0.25, -0.2) is 0 Å². The number of carbonyl (C=O) groups is 1. The molecule has 0 saturated heterocycles. The number of aromatic nitrogens is 2. The van der Waals surface area contributed by atoms with Crippen molar-refractivity contribution in [2.45, 2.75) is 13.2 Å². The summed E-state index contributed by atoms with van der Waals surface area (Å²) in [6.45, 7) is 0.219. The molecule has 1 amide bonds. The summed E-state index contributed by atoms with van der Waals surface area (Å²) in [6.07, 6.45) is 0. The molecular weight excluding hydrogens is 348 g/mol. The number of para-hydroxylation sites is 1. The van der Waals surface area contributed by atoms with E-state index in [4.69, 9.17) is 19.3 Å². The SMILES string of the molecule is COc1ccc(C(=O)NCc2noc(COc3ccccc3)n2)cc1C#N. The molecule has 0 bridgehead atoms. The van der Waals surface area contributed by atoms with Crippen molar-refractivity contribution in [1.29, 1.82) is 5.26 Å². The summed E-state index contributed by atoms with van der Waals surface area (Å²) < 4.78 is 15.7. The van der Waals surface area contributed by atoms with Gasteiger partial charge in [0, 0.05) is 5.56 Å². The summed E-state index contributed by atoms with van der Waals surface area (Å²) in [5.74, 6) is 1.37. The van der Waals surface area contributed by atoms with Gasteiger partial charge in [0.1, 0.15) is 17.6 Å². The smallest absolute Gasteiger partial charge is 0.264 e. The molecule has 8 heteroatoms. The summed E-state index contributed by atoms with van der Waals surface area (Å²) in [7, 11) is 1.46.